The van der Waals surface area contributed by atoms with Crippen LogP contribution in [0.2, 0.25) is 0 Å². The fourth-order valence-corrected chi connectivity index (χ4v) is 4.03. The highest BCUT2D eigenvalue weighted by Crippen LogP contribution is 2.24. The zero-order valence-corrected chi connectivity index (χ0v) is 14.6. The molecule has 1 aliphatic heterocycles. The summed E-state index contributed by atoms with van der Waals surface area (Å²) in [7, 11) is 0. The van der Waals surface area contributed by atoms with Crippen LogP contribution in [0.3, 0.4) is 0 Å². The molecule has 128 valence electrons. The molecule has 2 unspecified atom stereocenters. The molecule has 0 aliphatic carbocycles. The van der Waals surface area contributed by atoms with E-state index in [0.29, 0.717) is 17.9 Å². The first-order valence-corrected chi connectivity index (χ1v) is 8.64. The number of carboxylic acids is 1. The minimum absolute atomic E-state index is 0.0748. The number of carbonyl (C=O) groups excluding carboxylic acids is 1. The number of piperidine rings is 1. The highest BCUT2D eigenvalue weighted by atomic mass is 32.1. The van der Waals surface area contributed by atoms with Gasteiger partial charge in [0.2, 0.25) is 0 Å². The van der Waals surface area contributed by atoms with Crippen LogP contribution in [0, 0.1) is 19.8 Å². The summed E-state index contributed by atoms with van der Waals surface area (Å²) in [5, 5.41) is 9.42. The third-order valence-electron chi connectivity index (χ3n) is 4.66. The molecule has 1 aliphatic rings. The van der Waals surface area contributed by atoms with Crippen molar-refractivity contribution in [3.63, 3.8) is 0 Å². The smallest absolute Gasteiger partial charge is 0.326 e. The SMILES string of the molecule is Cc1sc2ncc(C(=O)N3CCC(C)CC3C(=O)O)c(=O)n2c1C. The number of hydrogen-bond acceptors (Lipinski definition) is 5. The Bertz CT molecular complexity index is 885. The maximum absolute atomic E-state index is 12.8. The van der Waals surface area contributed by atoms with Gasteiger partial charge in [0.25, 0.3) is 11.5 Å². The van der Waals surface area contributed by atoms with E-state index in [0.717, 1.165) is 17.0 Å². The van der Waals surface area contributed by atoms with Crippen LogP contribution < -0.4 is 5.56 Å². The largest absolute Gasteiger partial charge is 0.480 e. The first-order chi connectivity index (χ1) is 11.3. The fourth-order valence-electron chi connectivity index (χ4n) is 3.10. The zero-order valence-electron chi connectivity index (χ0n) is 13.8. The molecule has 8 heteroatoms. The summed E-state index contributed by atoms with van der Waals surface area (Å²) < 4.78 is 1.43. The van der Waals surface area contributed by atoms with Gasteiger partial charge >= 0.3 is 5.97 Å². The van der Waals surface area contributed by atoms with E-state index < -0.39 is 23.5 Å². The lowest BCUT2D eigenvalue weighted by atomic mass is 9.92. The molecule has 0 saturated carbocycles. The number of aromatic nitrogens is 2. The average Bonchev–Trinajstić information content (AvgIpc) is 2.82. The van der Waals surface area contributed by atoms with Crippen molar-refractivity contribution >= 4 is 28.2 Å². The molecular weight excluding hydrogens is 330 g/mol. The first-order valence-electron chi connectivity index (χ1n) is 7.82. The third kappa shape index (κ3) is 2.60. The molecule has 7 nitrogen and oxygen atoms in total. The lowest BCUT2D eigenvalue weighted by Crippen LogP contribution is -2.51. The van der Waals surface area contributed by atoms with Crippen molar-refractivity contribution in [2.45, 2.75) is 39.7 Å². The van der Waals surface area contributed by atoms with Crippen molar-refractivity contribution in [3.05, 3.63) is 32.7 Å². The van der Waals surface area contributed by atoms with E-state index in [9.17, 15) is 19.5 Å². The fraction of sp³-hybridized carbons (Fsp3) is 0.500. The number of rotatable bonds is 2. The van der Waals surface area contributed by atoms with Gasteiger partial charge in [0.1, 0.15) is 11.6 Å². The van der Waals surface area contributed by atoms with Gasteiger partial charge in [-0.25, -0.2) is 9.78 Å². The summed E-state index contributed by atoms with van der Waals surface area (Å²) in [6.45, 7) is 6.00. The van der Waals surface area contributed by atoms with Crippen molar-refractivity contribution < 1.29 is 14.7 Å². The quantitative estimate of drug-likeness (QED) is 0.891. The second-order valence-corrected chi connectivity index (χ2v) is 7.50. The van der Waals surface area contributed by atoms with Crippen LogP contribution in [0.5, 0.6) is 0 Å². The minimum atomic E-state index is -1.04. The zero-order chi connectivity index (χ0) is 17.6. The van der Waals surface area contributed by atoms with Crippen molar-refractivity contribution in [3.8, 4) is 0 Å². The number of nitrogens with zero attached hydrogens (tertiary/aromatic N) is 3. The summed E-state index contributed by atoms with van der Waals surface area (Å²) in [4.78, 5) is 44.0. The van der Waals surface area contributed by atoms with Crippen molar-refractivity contribution in [1.29, 1.82) is 0 Å². The Balaban J connectivity index is 2.05. The van der Waals surface area contributed by atoms with Gasteiger partial charge in [0.05, 0.1) is 0 Å². The second kappa shape index (κ2) is 6.01. The summed E-state index contributed by atoms with van der Waals surface area (Å²) in [6.07, 6.45) is 2.39. The van der Waals surface area contributed by atoms with Gasteiger partial charge in [-0.2, -0.15) is 0 Å². The number of carboxylic acid groups (broad SMARTS) is 1. The predicted molar refractivity (Wildman–Crippen MR) is 89.7 cm³/mol. The highest BCUT2D eigenvalue weighted by molar-refractivity contribution is 7.17. The predicted octanol–water partition coefficient (Wildman–Crippen LogP) is 1.70. The van der Waals surface area contributed by atoms with Crippen LogP contribution in [-0.4, -0.2) is 43.9 Å². The second-order valence-electron chi connectivity index (χ2n) is 6.32. The normalized spacial score (nSPS) is 21.2. The van der Waals surface area contributed by atoms with Gasteiger partial charge in [-0.1, -0.05) is 6.92 Å². The molecule has 2 aromatic rings. The number of carbonyl (C=O) groups is 2. The number of fused-ring (bicyclic) bond motifs is 1. The summed E-state index contributed by atoms with van der Waals surface area (Å²) in [6, 6.07) is -0.897. The highest BCUT2D eigenvalue weighted by Gasteiger charge is 2.36. The molecule has 0 radical (unpaired) electrons. The maximum atomic E-state index is 12.8. The molecule has 0 aromatic carbocycles. The monoisotopic (exact) mass is 349 g/mol. The number of amides is 1. The van der Waals surface area contributed by atoms with Crippen LogP contribution in [-0.2, 0) is 4.79 Å². The third-order valence-corrected chi connectivity index (χ3v) is 5.73. The Morgan fingerprint density at radius 2 is 2.08 bits per heavy atom. The Kier molecular flexibility index (Phi) is 4.16. The molecule has 2 atom stereocenters. The lowest BCUT2D eigenvalue weighted by molar-refractivity contribution is -0.144. The van der Waals surface area contributed by atoms with E-state index >= 15 is 0 Å². The molecular formula is C16H19N3O4S. The summed E-state index contributed by atoms with van der Waals surface area (Å²) >= 11 is 1.39. The Labute approximate surface area is 142 Å². The van der Waals surface area contributed by atoms with Crippen LogP contribution in [0.15, 0.2) is 11.0 Å². The Morgan fingerprint density at radius 1 is 1.38 bits per heavy atom. The number of hydrogen-bond donors (Lipinski definition) is 1. The number of aryl methyl sites for hydroxylation is 2. The van der Waals surface area contributed by atoms with Crippen LogP contribution in [0.25, 0.3) is 4.96 Å². The van der Waals surface area contributed by atoms with E-state index in [-0.39, 0.29) is 11.5 Å². The van der Waals surface area contributed by atoms with Gasteiger partial charge in [-0.15, -0.1) is 11.3 Å². The molecule has 1 fully saturated rings. The van der Waals surface area contributed by atoms with Crippen LogP contribution in [0.1, 0.15) is 40.7 Å². The van der Waals surface area contributed by atoms with Gasteiger partial charge in [0, 0.05) is 23.3 Å². The standard InChI is InChI=1S/C16H19N3O4S/c1-8-4-5-18(12(6-8)15(22)23)13(20)11-7-17-16-19(14(11)21)9(2)10(3)24-16/h7-8,12H,4-6H2,1-3H3,(H,22,23). The van der Waals surface area contributed by atoms with E-state index in [1.165, 1.54) is 26.8 Å². The van der Waals surface area contributed by atoms with Gasteiger partial charge in [-0.3, -0.25) is 14.0 Å². The van der Waals surface area contributed by atoms with Crippen molar-refractivity contribution in [1.82, 2.24) is 14.3 Å². The maximum Gasteiger partial charge on any atom is 0.326 e. The Hall–Kier alpha value is -2.22. The molecule has 2 aromatic heterocycles. The molecule has 1 amide bonds. The number of likely N-dealkylation sites (tertiary alicyclic amines) is 1. The average molecular weight is 349 g/mol. The van der Waals surface area contributed by atoms with E-state index in [1.807, 2.05) is 13.8 Å². The van der Waals surface area contributed by atoms with E-state index in [2.05, 4.69) is 4.98 Å². The lowest BCUT2D eigenvalue weighted by Gasteiger charge is -2.35. The number of thiazole rings is 1. The molecule has 0 spiro atoms. The van der Waals surface area contributed by atoms with Crippen LogP contribution >= 0.6 is 11.3 Å². The molecule has 24 heavy (non-hydrogen) atoms. The van der Waals surface area contributed by atoms with Crippen molar-refractivity contribution in [2.24, 2.45) is 5.92 Å². The van der Waals surface area contributed by atoms with Gasteiger partial charge in [-0.05, 0) is 32.6 Å². The molecule has 1 saturated heterocycles. The van der Waals surface area contributed by atoms with E-state index in [4.69, 9.17) is 0 Å². The molecule has 3 rings (SSSR count). The minimum Gasteiger partial charge on any atom is -0.480 e. The molecule has 3 heterocycles. The molecule has 0 bridgehead atoms. The van der Waals surface area contributed by atoms with Crippen molar-refractivity contribution in [2.75, 3.05) is 6.54 Å². The first kappa shape index (κ1) is 16.6. The number of aliphatic carboxylic acids is 1. The van der Waals surface area contributed by atoms with E-state index in [1.54, 1.807) is 6.92 Å². The van der Waals surface area contributed by atoms with Crippen LogP contribution in [0.4, 0.5) is 0 Å². The van der Waals surface area contributed by atoms with Gasteiger partial charge in [0.15, 0.2) is 4.96 Å². The summed E-state index contributed by atoms with van der Waals surface area (Å²) in [5.41, 5.74) is 0.244. The topological polar surface area (TPSA) is 92.0 Å². The Morgan fingerprint density at radius 3 is 2.75 bits per heavy atom. The summed E-state index contributed by atoms with van der Waals surface area (Å²) in [5.74, 6) is -1.35. The molecule has 1 N–H and O–H groups in total. The van der Waals surface area contributed by atoms with Gasteiger partial charge < -0.3 is 10.0 Å².